The van der Waals surface area contributed by atoms with Gasteiger partial charge in [-0.1, -0.05) is 69.1 Å². The Morgan fingerprint density at radius 1 is 1.07 bits per heavy atom. The first-order chi connectivity index (χ1) is 13.5. The van der Waals surface area contributed by atoms with E-state index < -0.39 is 10.8 Å². The van der Waals surface area contributed by atoms with Crippen LogP contribution in [0.15, 0.2) is 52.1 Å². The predicted octanol–water partition coefficient (Wildman–Crippen LogP) is 6.11. The van der Waals surface area contributed by atoms with Gasteiger partial charge in [0.25, 0.3) is 0 Å². The first-order valence-corrected chi connectivity index (χ1v) is 12.6. The molecule has 1 aromatic heterocycles. The fourth-order valence-electron chi connectivity index (χ4n) is 2.62. The second-order valence-electron chi connectivity index (χ2n) is 5.99. The molecule has 0 aliphatic heterocycles. The number of hydrogen-bond donors (Lipinski definition) is 0. The summed E-state index contributed by atoms with van der Waals surface area (Å²) in [7, 11) is -1.06. The third kappa shape index (κ3) is 5.60. The van der Waals surface area contributed by atoms with Crippen molar-refractivity contribution in [2.45, 2.75) is 35.9 Å². The molecule has 0 saturated heterocycles. The Kier molecular flexibility index (Phi) is 8.00. The molecule has 0 bridgehead atoms. The average Bonchev–Trinajstić information content (AvgIpc) is 3.04. The lowest BCUT2D eigenvalue weighted by molar-refractivity contribution is 0.650. The minimum absolute atomic E-state index is 0.365. The van der Waals surface area contributed by atoms with Crippen LogP contribution in [-0.2, 0) is 34.6 Å². The first-order valence-electron chi connectivity index (χ1n) is 8.55. The second-order valence-corrected chi connectivity index (χ2v) is 10.1. The lowest BCUT2D eigenvalue weighted by Gasteiger charge is -2.09. The topological polar surface area (TPSA) is 47.8 Å². The summed E-state index contributed by atoms with van der Waals surface area (Å²) in [5.41, 5.74) is 1.91. The van der Waals surface area contributed by atoms with Gasteiger partial charge in [0, 0.05) is 43.4 Å². The lowest BCUT2D eigenvalue weighted by Crippen LogP contribution is -2.08. The Morgan fingerprint density at radius 3 is 2.39 bits per heavy atom. The van der Waals surface area contributed by atoms with Gasteiger partial charge in [-0.05, 0) is 42.3 Å². The monoisotopic (exact) mass is 517 g/mol. The van der Waals surface area contributed by atoms with E-state index in [0.29, 0.717) is 33.8 Å². The molecule has 0 N–H and O–H groups in total. The zero-order valence-electron chi connectivity index (χ0n) is 15.1. The van der Waals surface area contributed by atoms with Gasteiger partial charge < -0.3 is 4.57 Å². The highest BCUT2D eigenvalue weighted by atomic mass is 79.9. The molecule has 0 amide bonds. The third-order valence-corrected chi connectivity index (χ3v) is 7.51. The highest BCUT2D eigenvalue weighted by Crippen LogP contribution is 2.31. The largest absolute Gasteiger partial charge is 0.306 e. The molecule has 0 saturated carbocycles. The number of hydrogen-bond acceptors (Lipinski definition) is 4. The first kappa shape index (κ1) is 21.8. The van der Waals surface area contributed by atoms with E-state index in [1.165, 1.54) is 11.8 Å². The lowest BCUT2D eigenvalue weighted by atomic mass is 10.2. The highest BCUT2D eigenvalue weighted by molar-refractivity contribution is 9.10. The van der Waals surface area contributed by atoms with E-state index in [0.717, 1.165) is 26.6 Å². The van der Waals surface area contributed by atoms with Crippen molar-refractivity contribution in [1.82, 2.24) is 14.8 Å². The summed E-state index contributed by atoms with van der Waals surface area (Å²) < 4.78 is 15.6. The molecule has 1 atom stereocenters. The molecule has 0 fully saturated rings. The Labute approximate surface area is 189 Å². The van der Waals surface area contributed by atoms with Crippen molar-refractivity contribution in [2.24, 2.45) is 0 Å². The Morgan fingerprint density at radius 2 is 1.75 bits per heavy atom. The zero-order chi connectivity index (χ0) is 20.1. The van der Waals surface area contributed by atoms with Gasteiger partial charge in [-0.15, -0.1) is 10.2 Å². The molecule has 2 aromatic carbocycles. The molecule has 0 spiro atoms. The number of rotatable bonds is 8. The van der Waals surface area contributed by atoms with Crippen LogP contribution in [0.5, 0.6) is 0 Å². The molecule has 28 heavy (non-hydrogen) atoms. The predicted molar refractivity (Wildman–Crippen MR) is 121 cm³/mol. The molecule has 0 aliphatic rings. The van der Waals surface area contributed by atoms with Gasteiger partial charge in [0.05, 0.1) is 5.75 Å². The van der Waals surface area contributed by atoms with E-state index in [9.17, 15) is 4.21 Å². The number of thioether (sulfide) groups is 1. The molecule has 3 aromatic rings. The van der Waals surface area contributed by atoms with Crippen molar-refractivity contribution in [3.05, 3.63) is 73.9 Å². The quantitative estimate of drug-likeness (QED) is 0.337. The highest BCUT2D eigenvalue weighted by Gasteiger charge is 2.16. The van der Waals surface area contributed by atoms with Crippen LogP contribution in [0, 0.1) is 0 Å². The normalized spacial score (nSPS) is 12.3. The van der Waals surface area contributed by atoms with Crippen LogP contribution < -0.4 is 0 Å². The maximum Gasteiger partial charge on any atom is 0.191 e. The van der Waals surface area contributed by atoms with E-state index in [2.05, 4.69) is 26.1 Å². The summed E-state index contributed by atoms with van der Waals surface area (Å²) in [6.07, 6.45) is 0. The molecule has 1 heterocycles. The van der Waals surface area contributed by atoms with Crippen LogP contribution in [-0.4, -0.2) is 19.0 Å². The van der Waals surface area contributed by atoms with Gasteiger partial charge in [0.2, 0.25) is 0 Å². The van der Waals surface area contributed by atoms with Gasteiger partial charge in [-0.2, -0.15) is 0 Å². The SMILES string of the molecule is CCn1c(C[S@@](=O)Cc2ccc(Br)cc2)nnc1SCc1c(Cl)cccc1Cl. The van der Waals surface area contributed by atoms with Gasteiger partial charge in [-0.25, -0.2) is 0 Å². The van der Waals surface area contributed by atoms with E-state index >= 15 is 0 Å². The summed E-state index contributed by atoms with van der Waals surface area (Å²) in [5.74, 6) is 2.18. The Bertz CT molecular complexity index is 960. The van der Waals surface area contributed by atoms with Crippen molar-refractivity contribution in [3.63, 3.8) is 0 Å². The summed E-state index contributed by atoms with van der Waals surface area (Å²) >= 11 is 17.4. The van der Waals surface area contributed by atoms with Crippen LogP contribution in [0.3, 0.4) is 0 Å². The van der Waals surface area contributed by atoms with Gasteiger partial charge >= 0.3 is 0 Å². The Hall–Kier alpha value is -0.860. The van der Waals surface area contributed by atoms with Gasteiger partial charge in [0.1, 0.15) is 5.82 Å². The minimum Gasteiger partial charge on any atom is -0.306 e. The fourth-order valence-corrected chi connectivity index (χ4v) is 5.81. The van der Waals surface area contributed by atoms with Crippen molar-refractivity contribution in [1.29, 1.82) is 0 Å². The summed E-state index contributed by atoms with van der Waals surface area (Å²) in [5, 5.41) is 10.6. The van der Waals surface area contributed by atoms with Crippen molar-refractivity contribution in [3.8, 4) is 0 Å². The molecule has 0 radical (unpaired) electrons. The fraction of sp³-hybridized carbons (Fsp3) is 0.263. The van der Waals surface area contributed by atoms with Gasteiger partial charge in [-0.3, -0.25) is 4.21 Å². The van der Waals surface area contributed by atoms with Crippen LogP contribution in [0.2, 0.25) is 10.0 Å². The molecular formula is C19H18BrCl2N3OS2. The Balaban J connectivity index is 1.67. The summed E-state index contributed by atoms with van der Waals surface area (Å²) in [4.78, 5) is 0. The van der Waals surface area contributed by atoms with E-state index in [4.69, 9.17) is 23.2 Å². The number of aromatic nitrogens is 3. The maximum atomic E-state index is 12.6. The minimum atomic E-state index is -1.06. The number of benzene rings is 2. The van der Waals surface area contributed by atoms with Crippen LogP contribution in [0.1, 0.15) is 23.9 Å². The molecule has 0 aliphatic carbocycles. The van der Waals surface area contributed by atoms with Crippen molar-refractivity contribution >= 4 is 61.7 Å². The molecule has 4 nitrogen and oxygen atoms in total. The molecular weight excluding hydrogens is 501 g/mol. The van der Waals surface area contributed by atoms with Gasteiger partial charge in [0.15, 0.2) is 5.16 Å². The van der Waals surface area contributed by atoms with E-state index in [1.54, 1.807) is 0 Å². The maximum absolute atomic E-state index is 12.6. The zero-order valence-corrected chi connectivity index (χ0v) is 19.8. The third-order valence-electron chi connectivity index (χ3n) is 4.05. The summed E-state index contributed by atoms with van der Waals surface area (Å²) in [6.45, 7) is 2.73. The standard InChI is InChI=1S/C19H18BrCl2N3OS2/c1-2-25-18(12-28(26)11-13-6-8-14(20)9-7-13)23-24-19(25)27-10-15-16(21)4-3-5-17(15)22/h3-9H,2,10-12H2,1H3/t28-/m0/s1. The smallest absolute Gasteiger partial charge is 0.191 e. The molecule has 9 heteroatoms. The van der Waals surface area contributed by atoms with Crippen LogP contribution in [0.4, 0.5) is 0 Å². The number of halogens is 3. The average molecular weight is 519 g/mol. The van der Waals surface area contributed by atoms with Crippen LogP contribution >= 0.6 is 50.9 Å². The second kappa shape index (κ2) is 10.3. The molecule has 0 unspecified atom stereocenters. The van der Waals surface area contributed by atoms with Crippen molar-refractivity contribution < 1.29 is 4.21 Å². The summed E-state index contributed by atoms with van der Waals surface area (Å²) in [6, 6.07) is 13.3. The molecule has 3 rings (SSSR count). The van der Waals surface area contributed by atoms with Crippen molar-refractivity contribution in [2.75, 3.05) is 0 Å². The van der Waals surface area contributed by atoms with Crippen LogP contribution in [0.25, 0.3) is 0 Å². The number of nitrogens with zero attached hydrogens (tertiary/aromatic N) is 3. The van der Waals surface area contributed by atoms with E-state index in [1.807, 2.05) is 54.0 Å². The molecule has 148 valence electrons. The van der Waals surface area contributed by atoms with E-state index in [-0.39, 0.29) is 0 Å².